The molecule has 3 N–H and O–H groups in total. The summed E-state index contributed by atoms with van der Waals surface area (Å²) >= 11 is 0. The molecular formula is C15H18N2O4. The highest BCUT2D eigenvalue weighted by molar-refractivity contribution is 6.00. The van der Waals surface area contributed by atoms with Gasteiger partial charge in [-0.15, -0.1) is 0 Å². The van der Waals surface area contributed by atoms with Crippen molar-refractivity contribution in [2.45, 2.75) is 44.2 Å². The molecule has 0 bridgehead atoms. The Balaban J connectivity index is 2.18. The molecule has 1 aliphatic carbocycles. The first-order chi connectivity index (χ1) is 10.1. The first-order valence-corrected chi connectivity index (χ1v) is 7.24. The van der Waals surface area contributed by atoms with Gasteiger partial charge in [-0.25, -0.2) is 9.59 Å². The van der Waals surface area contributed by atoms with Crippen LogP contribution in [0.5, 0.6) is 0 Å². The minimum absolute atomic E-state index is 0.0754. The number of hydrogen-bond acceptors (Lipinski definition) is 3. The molecule has 0 aliphatic heterocycles. The van der Waals surface area contributed by atoms with Gasteiger partial charge in [0.25, 0.3) is 0 Å². The summed E-state index contributed by atoms with van der Waals surface area (Å²) in [6.45, 7) is 0. The molecule has 2 aromatic rings. The summed E-state index contributed by atoms with van der Waals surface area (Å²) in [5, 5.41) is 19.5. The predicted molar refractivity (Wildman–Crippen MR) is 77.6 cm³/mol. The van der Waals surface area contributed by atoms with Crippen molar-refractivity contribution in [3.8, 4) is 0 Å². The highest BCUT2D eigenvalue weighted by Gasteiger charge is 2.27. The van der Waals surface area contributed by atoms with Crippen molar-refractivity contribution in [3.05, 3.63) is 34.2 Å². The molecule has 2 unspecified atom stereocenters. The number of para-hydroxylation sites is 1. The van der Waals surface area contributed by atoms with Gasteiger partial charge in [-0.05, 0) is 25.0 Å². The van der Waals surface area contributed by atoms with Gasteiger partial charge in [0.2, 0.25) is 0 Å². The first kappa shape index (κ1) is 13.9. The van der Waals surface area contributed by atoms with E-state index in [1.807, 2.05) is 0 Å². The van der Waals surface area contributed by atoms with Crippen LogP contribution in [0.2, 0.25) is 0 Å². The van der Waals surface area contributed by atoms with Crippen molar-refractivity contribution >= 4 is 17.0 Å². The number of carboxylic acid groups (broad SMARTS) is 1. The van der Waals surface area contributed by atoms with Gasteiger partial charge >= 0.3 is 11.7 Å². The molecule has 1 aliphatic rings. The van der Waals surface area contributed by atoms with E-state index in [0.717, 1.165) is 25.7 Å². The average Bonchev–Trinajstić information content (AvgIpc) is 2.63. The van der Waals surface area contributed by atoms with Crippen LogP contribution >= 0.6 is 0 Å². The highest BCUT2D eigenvalue weighted by atomic mass is 16.4. The van der Waals surface area contributed by atoms with Crippen LogP contribution in [0.1, 0.15) is 48.5 Å². The Labute approximate surface area is 121 Å². The van der Waals surface area contributed by atoms with Crippen LogP contribution in [0.3, 0.4) is 0 Å². The van der Waals surface area contributed by atoms with Crippen LogP contribution < -0.4 is 5.69 Å². The van der Waals surface area contributed by atoms with E-state index in [9.17, 15) is 19.8 Å². The Kier molecular flexibility index (Phi) is 3.55. The maximum Gasteiger partial charge on any atom is 0.337 e. The number of aliphatic hydroxyl groups is 1. The van der Waals surface area contributed by atoms with Gasteiger partial charge in [-0.1, -0.05) is 25.3 Å². The second-order valence-electron chi connectivity index (χ2n) is 5.58. The third-order valence-electron chi connectivity index (χ3n) is 4.26. The topological polar surface area (TPSA) is 95.3 Å². The van der Waals surface area contributed by atoms with Crippen LogP contribution in [-0.4, -0.2) is 31.8 Å². The fourth-order valence-corrected chi connectivity index (χ4v) is 3.23. The predicted octanol–water partition coefficient (Wildman–Crippen LogP) is 1.89. The molecule has 0 spiro atoms. The zero-order chi connectivity index (χ0) is 15.0. The number of carbonyl (C=O) groups is 1. The first-order valence-electron chi connectivity index (χ1n) is 7.24. The highest BCUT2D eigenvalue weighted by Crippen LogP contribution is 2.29. The van der Waals surface area contributed by atoms with Gasteiger partial charge < -0.3 is 15.2 Å². The van der Waals surface area contributed by atoms with Crippen molar-refractivity contribution < 1.29 is 15.0 Å². The summed E-state index contributed by atoms with van der Waals surface area (Å²) in [6.07, 6.45) is 3.78. The van der Waals surface area contributed by atoms with E-state index in [1.165, 1.54) is 10.6 Å². The Hall–Kier alpha value is -2.08. The van der Waals surface area contributed by atoms with Gasteiger partial charge in [0.15, 0.2) is 0 Å². The number of carboxylic acids is 1. The molecule has 112 valence electrons. The van der Waals surface area contributed by atoms with Gasteiger partial charge in [0, 0.05) is 0 Å². The summed E-state index contributed by atoms with van der Waals surface area (Å²) in [7, 11) is 0. The monoisotopic (exact) mass is 290 g/mol. The van der Waals surface area contributed by atoms with Crippen LogP contribution in [0.4, 0.5) is 0 Å². The van der Waals surface area contributed by atoms with Crippen molar-refractivity contribution in [2.24, 2.45) is 0 Å². The van der Waals surface area contributed by atoms with Crippen LogP contribution in [0.15, 0.2) is 23.0 Å². The fraction of sp³-hybridized carbons (Fsp3) is 0.467. The molecule has 1 saturated carbocycles. The standard InChI is InChI=1S/C15H18N2O4/c18-12-8-3-1-2-6-10(12)17-11-7-4-5-9(14(19)20)13(11)16-15(17)21/h4-5,7,10,12,18H,1-3,6,8H2,(H,16,21)(H,19,20). The molecule has 1 aromatic carbocycles. The van der Waals surface area contributed by atoms with E-state index in [0.29, 0.717) is 17.5 Å². The molecule has 21 heavy (non-hydrogen) atoms. The van der Waals surface area contributed by atoms with E-state index < -0.39 is 12.1 Å². The number of imidazole rings is 1. The minimum atomic E-state index is -1.07. The summed E-state index contributed by atoms with van der Waals surface area (Å²) in [5.41, 5.74) is 0.591. The largest absolute Gasteiger partial charge is 0.478 e. The molecule has 6 heteroatoms. The van der Waals surface area contributed by atoms with Gasteiger partial charge in [0.1, 0.15) is 0 Å². The Morgan fingerprint density at radius 1 is 1.24 bits per heavy atom. The van der Waals surface area contributed by atoms with Gasteiger partial charge in [0.05, 0.1) is 28.7 Å². The third kappa shape index (κ3) is 2.35. The number of aromatic amines is 1. The van der Waals surface area contributed by atoms with E-state index in [1.54, 1.807) is 12.1 Å². The lowest BCUT2D eigenvalue weighted by molar-refractivity contribution is 0.0699. The van der Waals surface area contributed by atoms with Crippen LogP contribution in [-0.2, 0) is 0 Å². The molecule has 1 heterocycles. The summed E-state index contributed by atoms with van der Waals surface area (Å²) < 4.78 is 1.53. The fourth-order valence-electron chi connectivity index (χ4n) is 3.23. The van der Waals surface area contributed by atoms with E-state index in [4.69, 9.17) is 0 Å². The van der Waals surface area contributed by atoms with E-state index in [2.05, 4.69) is 4.98 Å². The van der Waals surface area contributed by atoms with Crippen LogP contribution in [0.25, 0.3) is 11.0 Å². The maximum absolute atomic E-state index is 12.3. The molecule has 2 atom stereocenters. The number of aliphatic hydroxyl groups excluding tert-OH is 1. The van der Waals surface area contributed by atoms with Crippen LogP contribution in [0, 0.1) is 0 Å². The number of hydrogen-bond donors (Lipinski definition) is 3. The number of H-pyrrole nitrogens is 1. The zero-order valence-electron chi connectivity index (χ0n) is 11.6. The number of aromatic carboxylic acids is 1. The Morgan fingerprint density at radius 3 is 2.76 bits per heavy atom. The zero-order valence-corrected chi connectivity index (χ0v) is 11.6. The summed E-state index contributed by atoms with van der Waals surface area (Å²) in [4.78, 5) is 26.2. The lowest BCUT2D eigenvalue weighted by Crippen LogP contribution is -2.30. The molecular weight excluding hydrogens is 272 g/mol. The average molecular weight is 290 g/mol. The van der Waals surface area contributed by atoms with Gasteiger partial charge in [-0.2, -0.15) is 0 Å². The molecule has 0 amide bonds. The normalized spacial score (nSPS) is 23.1. The lowest BCUT2D eigenvalue weighted by Gasteiger charge is -2.21. The number of fused-ring (bicyclic) bond motifs is 1. The van der Waals surface area contributed by atoms with E-state index in [-0.39, 0.29) is 17.3 Å². The van der Waals surface area contributed by atoms with Gasteiger partial charge in [-0.3, -0.25) is 4.57 Å². The van der Waals surface area contributed by atoms with Crippen molar-refractivity contribution in [1.82, 2.24) is 9.55 Å². The molecule has 6 nitrogen and oxygen atoms in total. The molecule has 1 aromatic heterocycles. The number of aromatic nitrogens is 2. The van der Waals surface area contributed by atoms with Crippen molar-refractivity contribution in [2.75, 3.05) is 0 Å². The summed E-state index contributed by atoms with van der Waals surface area (Å²) in [6, 6.07) is 4.52. The number of benzene rings is 1. The Morgan fingerprint density at radius 2 is 2.00 bits per heavy atom. The molecule has 3 rings (SSSR count). The summed E-state index contributed by atoms with van der Waals surface area (Å²) in [5.74, 6) is -1.07. The lowest BCUT2D eigenvalue weighted by atomic mass is 10.1. The smallest absolute Gasteiger partial charge is 0.337 e. The number of rotatable bonds is 2. The van der Waals surface area contributed by atoms with E-state index >= 15 is 0 Å². The molecule has 0 radical (unpaired) electrons. The quantitative estimate of drug-likeness (QED) is 0.736. The Bertz CT molecular complexity index is 731. The SMILES string of the molecule is O=C(O)c1cccc2c1[nH]c(=O)n2C1CCCCCC1O. The molecule has 0 saturated heterocycles. The van der Waals surface area contributed by atoms with Crippen molar-refractivity contribution in [1.29, 1.82) is 0 Å². The maximum atomic E-state index is 12.3. The number of nitrogens with one attached hydrogen (secondary N) is 1. The van der Waals surface area contributed by atoms with Crippen molar-refractivity contribution in [3.63, 3.8) is 0 Å². The second kappa shape index (κ2) is 5.37. The number of nitrogens with zero attached hydrogens (tertiary/aromatic N) is 1. The second-order valence-corrected chi connectivity index (χ2v) is 5.58. The third-order valence-corrected chi connectivity index (χ3v) is 4.26. The minimum Gasteiger partial charge on any atom is -0.478 e. The molecule has 1 fully saturated rings.